The Bertz CT molecular complexity index is 2600. The van der Waals surface area contributed by atoms with E-state index in [1.165, 1.54) is 31.2 Å². The van der Waals surface area contributed by atoms with E-state index in [0.717, 1.165) is 19.3 Å². The van der Waals surface area contributed by atoms with Gasteiger partial charge in [-0.15, -0.1) is 0 Å². The zero-order valence-electron chi connectivity index (χ0n) is 57.2. The summed E-state index contributed by atoms with van der Waals surface area (Å²) in [6, 6.07) is 0. The van der Waals surface area contributed by atoms with Gasteiger partial charge in [-0.25, -0.2) is 0 Å². The highest BCUT2D eigenvalue weighted by Gasteiger charge is 2.43. The number of hydrogen-bond donors (Lipinski definition) is 16. The summed E-state index contributed by atoms with van der Waals surface area (Å²) in [6.07, 6.45) is 32.6. The average molecular weight is 1350 g/mol. The number of carbonyl (C=O) groups is 3. The molecule has 22 nitrogen and oxygen atoms in total. The quantitative estimate of drug-likeness (QED) is 0.0107. The number of ether oxygens (including phenoxy) is 2. The largest absolute Gasteiger partial charge is 0.510 e. The molecule has 0 bridgehead atoms. The fraction of sp³-hybridized carbons (Fsp3) is 0.595. The van der Waals surface area contributed by atoms with E-state index in [2.05, 4.69) is 10.3 Å². The van der Waals surface area contributed by atoms with Crippen LogP contribution in [0.2, 0.25) is 0 Å². The van der Waals surface area contributed by atoms with Crippen LogP contribution < -0.4 is 5.32 Å². The van der Waals surface area contributed by atoms with Gasteiger partial charge < -0.3 is 91.4 Å². The fourth-order valence-electron chi connectivity index (χ4n) is 9.95. The molecule has 22 heteroatoms. The molecule has 0 aromatic rings. The van der Waals surface area contributed by atoms with E-state index in [9.17, 15) is 91.0 Å². The Labute approximate surface area is 568 Å². The minimum atomic E-state index is -1.33. The van der Waals surface area contributed by atoms with Gasteiger partial charge in [0.15, 0.2) is 12.1 Å². The summed E-state index contributed by atoms with van der Waals surface area (Å²) in [5, 5.41) is 154. The van der Waals surface area contributed by atoms with E-state index < -0.39 is 104 Å². The predicted octanol–water partition coefficient (Wildman–Crippen LogP) is 6.15. The minimum Gasteiger partial charge on any atom is -0.510 e. The van der Waals surface area contributed by atoms with Crippen molar-refractivity contribution in [3.05, 3.63) is 157 Å². The fourth-order valence-corrected chi connectivity index (χ4v) is 9.95. The lowest BCUT2D eigenvalue weighted by molar-refractivity contribution is -0.306. The zero-order valence-corrected chi connectivity index (χ0v) is 57.2. The summed E-state index contributed by atoms with van der Waals surface area (Å²) >= 11 is 0. The second-order valence-corrected chi connectivity index (χ2v) is 25.0. The molecule has 16 N–H and O–H groups in total. The molecule has 0 radical (unpaired) electrons. The van der Waals surface area contributed by atoms with Gasteiger partial charge in [-0.3, -0.25) is 19.4 Å². The summed E-state index contributed by atoms with van der Waals surface area (Å²) < 4.78 is 11.5. The van der Waals surface area contributed by atoms with Crippen molar-refractivity contribution in [3.8, 4) is 0 Å². The second kappa shape index (κ2) is 52.3. The summed E-state index contributed by atoms with van der Waals surface area (Å²) in [6.45, 7) is 13.2. The van der Waals surface area contributed by atoms with Crippen LogP contribution in [0, 0.1) is 17.8 Å². The summed E-state index contributed by atoms with van der Waals surface area (Å²) in [4.78, 5) is 38.5. The molecule has 1 aliphatic heterocycles. The van der Waals surface area contributed by atoms with Crippen LogP contribution in [0.4, 0.5) is 0 Å². The number of ketones is 2. The zero-order chi connectivity index (χ0) is 72.0. The van der Waals surface area contributed by atoms with Gasteiger partial charge in [0.25, 0.3) is 0 Å². The molecule has 1 aliphatic carbocycles. The first-order chi connectivity index (χ1) is 45.6. The van der Waals surface area contributed by atoms with Crippen molar-refractivity contribution in [1.82, 2.24) is 5.32 Å². The molecule has 1 saturated heterocycles. The van der Waals surface area contributed by atoms with Gasteiger partial charge in [0.1, 0.15) is 35.6 Å². The smallest absolute Gasteiger partial charge is 0.248 e. The molecule has 1 fully saturated rings. The van der Waals surface area contributed by atoms with Crippen LogP contribution in [0.1, 0.15) is 151 Å². The van der Waals surface area contributed by atoms with Crippen molar-refractivity contribution in [1.29, 1.82) is 0 Å². The molecule has 542 valence electrons. The van der Waals surface area contributed by atoms with E-state index in [4.69, 9.17) is 9.47 Å². The first kappa shape index (κ1) is 88.3. The Balaban J connectivity index is 0.00000102. The molecule has 1 heterocycles. The van der Waals surface area contributed by atoms with Gasteiger partial charge in [-0.2, -0.15) is 0 Å². The number of nitrogens with one attached hydrogen (secondary N) is 1. The van der Waals surface area contributed by atoms with Crippen molar-refractivity contribution in [2.24, 2.45) is 22.7 Å². The number of hydrogen-bond acceptors (Lipinski definition) is 21. The normalized spacial score (nSPS) is 23.2. The number of aliphatic hydroxyl groups is 15. The molecule has 2 aliphatic rings. The highest BCUT2D eigenvalue weighted by Crippen LogP contribution is 2.26. The first-order valence-electron chi connectivity index (χ1n) is 33.6. The molecule has 0 aromatic heterocycles. The number of Topliss-reactive ketones (excluding diaryl/α,β-unsaturated/α-hetero) is 2. The first-order valence-corrected chi connectivity index (χ1v) is 33.6. The van der Waals surface area contributed by atoms with Crippen molar-refractivity contribution < 1.29 is 100 Å². The molecule has 0 saturated carbocycles. The average Bonchev–Trinajstić information content (AvgIpc) is 1.02. The standard InChI is InChI=1S/C45H63NO10.C29H53NO10/c1-31(2)38(56-45-44(54)43(53)42(52)34(5)55-45)27-23-19-15-11-8-10-14-18-22-26-35(47)33(4)41(51)32(3)25-21-17-13-9-6-7-12-16-20-24-28-39(50)46-40-36(48)29-30-37(40)49;1-3-30-12-6-11-25(36)14-21(32)7-4-8-23(34)16-28(39)19-29(40)17-24(35)10-5-9-22(33)15-27(38)18-26(37)13-20(2)31/h6-12,14-16,18-26,28,31-35,38,41-45,47-48,51-54H,13,17,27,29-30H2,1-5H3,(H,46,50);3-5,8-9,21-29,32-40H,6-7,10-19H2,1-2H3/b9-6+,10-8+,12-7+,15-11+,18-14+,20-16+,23-19+,25-21+,26-22+,28-24+;8-4+,9-5+,30-3?. The predicted molar refractivity (Wildman–Crippen MR) is 373 cm³/mol. The van der Waals surface area contributed by atoms with Crippen LogP contribution in [-0.2, 0) is 23.9 Å². The maximum absolute atomic E-state index is 11.9. The Morgan fingerprint density at radius 2 is 1.09 bits per heavy atom. The lowest BCUT2D eigenvalue weighted by atomic mass is 9.88. The number of allylic oxidation sites excluding steroid dienone is 18. The third-order valence-electron chi connectivity index (χ3n) is 15.6. The van der Waals surface area contributed by atoms with Crippen molar-refractivity contribution in [3.63, 3.8) is 0 Å². The summed E-state index contributed by atoms with van der Waals surface area (Å²) in [5.74, 6) is -1.38. The number of rotatable bonds is 46. The Kier molecular flexibility index (Phi) is 48.1. The van der Waals surface area contributed by atoms with Crippen molar-refractivity contribution in [2.75, 3.05) is 6.54 Å². The SMILES string of the molecule is CC(C)C(C/C=C/C=C/C=C/C=C/C=C/C(O)C(C)C(O)C(C)/C=C/CC/C=C/C=C/C=C/C=C/C(=O)NC1=C(O)CCC1=O)OC1OC(C)C(O)C(O)C1O.CC=NCCCC(O)CC(O)C/C=C/C(O)CC(O)CC(O)CC(O)C/C=C/C(O)CC(O)CC(O)CC(C)=O. The third-order valence-corrected chi connectivity index (χ3v) is 15.6. The number of amides is 1. The summed E-state index contributed by atoms with van der Waals surface area (Å²) in [5.41, 5.74) is -0.0184. The van der Waals surface area contributed by atoms with Gasteiger partial charge in [-0.1, -0.05) is 167 Å². The van der Waals surface area contributed by atoms with E-state index in [1.54, 1.807) is 55.7 Å². The highest BCUT2D eigenvalue weighted by molar-refractivity contribution is 6.03. The minimum absolute atomic E-state index is 0.0184. The highest BCUT2D eigenvalue weighted by atomic mass is 16.7. The molecular formula is C74H116N2O20. The van der Waals surface area contributed by atoms with E-state index in [-0.39, 0.29) is 118 Å². The molecule has 0 spiro atoms. The van der Waals surface area contributed by atoms with Gasteiger partial charge in [0.05, 0.1) is 79.4 Å². The summed E-state index contributed by atoms with van der Waals surface area (Å²) in [7, 11) is 0. The molecule has 1 amide bonds. The number of aliphatic imine (C=N–C) groups is 1. The topological polar surface area (TPSA) is 398 Å². The van der Waals surface area contributed by atoms with Crippen molar-refractivity contribution >= 4 is 23.7 Å². The van der Waals surface area contributed by atoms with Crippen LogP contribution in [-0.4, -0.2) is 211 Å². The van der Waals surface area contributed by atoms with E-state index >= 15 is 0 Å². The van der Waals surface area contributed by atoms with Crippen LogP contribution in [0.5, 0.6) is 0 Å². The molecular weight excluding hydrogens is 1240 g/mol. The number of carbonyl (C=O) groups excluding carboxylic acids is 3. The molecule has 19 unspecified atom stereocenters. The van der Waals surface area contributed by atoms with Crippen LogP contribution in [0.3, 0.4) is 0 Å². The lowest BCUT2D eigenvalue weighted by Gasteiger charge is -2.40. The molecule has 19 atom stereocenters. The maximum atomic E-state index is 11.9. The Morgan fingerprint density at radius 1 is 0.583 bits per heavy atom. The van der Waals surface area contributed by atoms with E-state index in [1.807, 2.05) is 114 Å². The Hall–Kier alpha value is -5.74. The molecule has 96 heavy (non-hydrogen) atoms. The number of aliphatic hydroxyl groups excluding tert-OH is 15. The maximum Gasteiger partial charge on any atom is 0.248 e. The third kappa shape index (κ3) is 42.2. The van der Waals surface area contributed by atoms with E-state index in [0.29, 0.717) is 19.4 Å². The second-order valence-electron chi connectivity index (χ2n) is 25.0. The monoisotopic (exact) mass is 1350 g/mol. The Morgan fingerprint density at radius 3 is 1.65 bits per heavy atom. The van der Waals surface area contributed by atoms with Crippen LogP contribution >= 0.6 is 0 Å². The van der Waals surface area contributed by atoms with Crippen molar-refractivity contribution in [2.45, 2.75) is 255 Å². The van der Waals surface area contributed by atoms with Gasteiger partial charge >= 0.3 is 0 Å². The van der Waals surface area contributed by atoms with Crippen LogP contribution in [0.25, 0.3) is 0 Å². The van der Waals surface area contributed by atoms with Gasteiger partial charge in [0, 0.05) is 56.6 Å². The van der Waals surface area contributed by atoms with Gasteiger partial charge in [0.2, 0.25) is 5.91 Å². The molecule has 0 aromatic carbocycles. The number of nitrogens with zero attached hydrogens (tertiary/aromatic N) is 1. The lowest BCUT2D eigenvalue weighted by Crippen LogP contribution is -2.58. The molecule has 2 rings (SSSR count). The van der Waals surface area contributed by atoms with Crippen LogP contribution in [0.15, 0.2) is 162 Å². The number of unbranched alkanes of at least 4 members (excludes halogenated alkanes) is 1. The van der Waals surface area contributed by atoms with Gasteiger partial charge in [-0.05, 0) is 104 Å².